The van der Waals surface area contributed by atoms with Gasteiger partial charge in [-0.1, -0.05) is 37.6 Å². The fourth-order valence-electron chi connectivity index (χ4n) is 3.73. The van der Waals surface area contributed by atoms with Gasteiger partial charge in [0.2, 0.25) is 5.78 Å². The van der Waals surface area contributed by atoms with Crippen LogP contribution in [0.5, 0.6) is 0 Å². The topological polar surface area (TPSA) is 59.8 Å². The van der Waals surface area contributed by atoms with Crippen molar-refractivity contribution in [3.8, 4) is 0 Å². The van der Waals surface area contributed by atoms with Gasteiger partial charge >= 0.3 is 0 Å². The van der Waals surface area contributed by atoms with E-state index < -0.39 is 0 Å². The number of aryl methyl sites for hydroxylation is 2. The quantitative estimate of drug-likeness (QED) is 0.708. The average molecular weight is 348 g/mol. The van der Waals surface area contributed by atoms with Crippen LogP contribution in [-0.4, -0.2) is 27.1 Å². The number of hydrogen-bond acceptors (Lipinski definition) is 4. The molecule has 5 nitrogen and oxygen atoms in total. The molecular formula is C21H24N4O. The van der Waals surface area contributed by atoms with Crippen molar-refractivity contribution in [2.24, 2.45) is 0 Å². The van der Waals surface area contributed by atoms with Gasteiger partial charge in [0.1, 0.15) is 5.69 Å². The average Bonchev–Trinajstić information content (AvgIpc) is 3.03. The van der Waals surface area contributed by atoms with Crippen molar-refractivity contribution in [2.75, 3.05) is 11.9 Å². The number of rotatable bonds is 5. The molecule has 2 heterocycles. The Labute approximate surface area is 153 Å². The predicted octanol–water partition coefficient (Wildman–Crippen LogP) is 3.99. The maximum absolute atomic E-state index is 13.3. The van der Waals surface area contributed by atoms with Crippen LogP contribution < -0.4 is 5.32 Å². The molecule has 1 aliphatic rings. The van der Waals surface area contributed by atoms with E-state index in [1.807, 2.05) is 36.0 Å². The molecule has 0 aliphatic heterocycles. The van der Waals surface area contributed by atoms with Crippen molar-refractivity contribution >= 4 is 22.5 Å². The molecular weight excluding hydrogens is 324 g/mol. The molecule has 0 unspecified atom stereocenters. The van der Waals surface area contributed by atoms with Crippen LogP contribution in [0.4, 0.5) is 5.69 Å². The molecule has 0 saturated heterocycles. The second kappa shape index (κ2) is 6.90. The number of benzene rings is 1. The third-order valence-corrected chi connectivity index (χ3v) is 5.14. The minimum atomic E-state index is 0.0254. The molecule has 0 amide bonds. The number of aromatic nitrogens is 3. The summed E-state index contributed by atoms with van der Waals surface area (Å²) in [6.45, 7) is 5.84. The molecule has 1 aliphatic carbocycles. The lowest BCUT2D eigenvalue weighted by Gasteiger charge is -2.15. The van der Waals surface area contributed by atoms with Gasteiger partial charge in [-0.15, -0.1) is 0 Å². The van der Waals surface area contributed by atoms with Crippen LogP contribution in [0.25, 0.3) is 11.0 Å². The standard InChI is InChI=1S/C21H24N4O/c1-3-5-12-22-18-16-11-10-14-8-6-7-9-15(14)20(26)19(16)24-21-17(18)13-23-25(21)4-2/h6-9,13H,3-5,10-12H2,1-2H3,(H,22,24). The summed E-state index contributed by atoms with van der Waals surface area (Å²) in [5, 5.41) is 9.07. The number of hydrogen-bond donors (Lipinski definition) is 1. The number of fused-ring (bicyclic) bond motifs is 3. The highest BCUT2D eigenvalue weighted by molar-refractivity contribution is 6.12. The molecule has 0 radical (unpaired) electrons. The first-order valence-electron chi connectivity index (χ1n) is 9.49. The first-order valence-corrected chi connectivity index (χ1v) is 9.49. The third-order valence-electron chi connectivity index (χ3n) is 5.14. The largest absolute Gasteiger partial charge is 0.384 e. The molecule has 4 rings (SSSR count). The fourth-order valence-corrected chi connectivity index (χ4v) is 3.73. The van der Waals surface area contributed by atoms with Crippen LogP contribution in [0.3, 0.4) is 0 Å². The molecule has 0 spiro atoms. The lowest BCUT2D eigenvalue weighted by Crippen LogP contribution is -2.12. The van der Waals surface area contributed by atoms with E-state index in [4.69, 9.17) is 4.98 Å². The normalized spacial score (nSPS) is 13.4. The van der Waals surface area contributed by atoms with E-state index in [1.165, 1.54) is 0 Å². The number of carbonyl (C=O) groups is 1. The summed E-state index contributed by atoms with van der Waals surface area (Å²) in [5.74, 6) is 0.0254. The van der Waals surface area contributed by atoms with Crippen molar-refractivity contribution in [3.05, 3.63) is 52.8 Å². The van der Waals surface area contributed by atoms with Crippen LogP contribution >= 0.6 is 0 Å². The van der Waals surface area contributed by atoms with E-state index in [1.54, 1.807) is 0 Å². The third kappa shape index (κ3) is 2.68. The van der Waals surface area contributed by atoms with E-state index in [-0.39, 0.29) is 5.78 Å². The molecule has 2 aromatic heterocycles. The van der Waals surface area contributed by atoms with Crippen LogP contribution in [0.2, 0.25) is 0 Å². The van der Waals surface area contributed by atoms with E-state index in [2.05, 4.69) is 23.4 Å². The number of pyridine rings is 1. The van der Waals surface area contributed by atoms with E-state index in [0.29, 0.717) is 5.69 Å². The summed E-state index contributed by atoms with van der Waals surface area (Å²) in [6, 6.07) is 7.90. The zero-order valence-corrected chi connectivity index (χ0v) is 15.4. The van der Waals surface area contributed by atoms with Gasteiger partial charge in [0.05, 0.1) is 17.3 Å². The maximum atomic E-state index is 13.3. The summed E-state index contributed by atoms with van der Waals surface area (Å²) in [7, 11) is 0. The number of nitrogens with one attached hydrogen (secondary N) is 1. The highest BCUT2D eigenvalue weighted by Crippen LogP contribution is 2.33. The molecule has 1 aromatic carbocycles. The van der Waals surface area contributed by atoms with Gasteiger partial charge in [-0.25, -0.2) is 9.67 Å². The predicted molar refractivity (Wildman–Crippen MR) is 104 cm³/mol. The van der Waals surface area contributed by atoms with E-state index in [9.17, 15) is 4.79 Å². The molecule has 134 valence electrons. The lowest BCUT2D eigenvalue weighted by molar-refractivity contribution is 0.103. The Bertz CT molecular complexity index is 974. The second-order valence-corrected chi connectivity index (χ2v) is 6.78. The Morgan fingerprint density at radius 1 is 1.19 bits per heavy atom. The van der Waals surface area contributed by atoms with Crippen molar-refractivity contribution < 1.29 is 4.79 Å². The number of anilines is 1. The van der Waals surface area contributed by atoms with Gasteiger partial charge < -0.3 is 5.32 Å². The number of unbranched alkanes of at least 4 members (excludes halogenated alkanes) is 1. The Morgan fingerprint density at radius 2 is 2.04 bits per heavy atom. The zero-order valence-electron chi connectivity index (χ0n) is 15.4. The monoisotopic (exact) mass is 348 g/mol. The first-order chi connectivity index (χ1) is 12.7. The second-order valence-electron chi connectivity index (χ2n) is 6.78. The fraction of sp³-hybridized carbons (Fsp3) is 0.381. The lowest BCUT2D eigenvalue weighted by atomic mass is 10.0. The van der Waals surface area contributed by atoms with Crippen molar-refractivity contribution in [3.63, 3.8) is 0 Å². The Morgan fingerprint density at radius 3 is 2.85 bits per heavy atom. The molecule has 0 saturated carbocycles. The molecule has 3 aromatic rings. The summed E-state index contributed by atoms with van der Waals surface area (Å²) in [6.07, 6.45) is 5.76. The molecule has 26 heavy (non-hydrogen) atoms. The van der Waals surface area contributed by atoms with Gasteiger partial charge in [-0.05, 0) is 31.7 Å². The number of nitrogens with zero attached hydrogens (tertiary/aromatic N) is 3. The van der Waals surface area contributed by atoms with Gasteiger partial charge in [0.15, 0.2) is 5.65 Å². The van der Waals surface area contributed by atoms with Gasteiger partial charge in [-0.2, -0.15) is 5.10 Å². The Kier molecular flexibility index (Phi) is 4.45. The van der Waals surface area contributed by atoms with Crippen molar-refractivity contribution in [1.82, 2.24) is 14.8 Å². The Balaban J connectivity index is 1.92. The van der Waals surface area contributed by atoms with Crippen LogP contribution in [0, 0.1) is 0 Å². The van der Waals surface area contributed by atoms with Crippen molar-refractivity contribution in [2.45, 2.75) is 46.1 Å². The van der Waals surface area contributed by atoms with Crippen LogP contribution in [0.15, 0.2) is 30.5 Å². The van der Waals surface area contributed by atoms with Crippen LogP contribution in [-0.2, 0) is 19.4 Å². The summed E-state index contributed by atoms with van der Waals surface area (Å²) < 4.78 is 1.87. The highest BCUT2D eigenvalue weighted by atomic mass is 16.1. The maximum Gasteiger partial charge on any atom is 0.212 e. The molecule has 5 heteroatoms. The summed E-state index contributed by atoms with van der Waals surface area (Å²) in [4.78, 5) is 18.0. The molecule has 1 N–H and O–H groups in total. The first kappa shape index (κ1) is 16.8. The smallest absolute Gasteiger partial charge is 0.212 e. The summed E-state index contributed by atoms with van der Waals surface area (Å²) in [5.41, 5.74) is 5.33. The summed E-state index contributed by atoms with van der Waals surface area (Å²) >= 11 is 0. The molecule has 0 bridgehead atoms. The van der Waals surface area contributed by atoms with Gasteiger partial charge in [-0.3, -0.25) is 4.79 Å². The van der Waals surface area contributed by atoms with Crippen molar-refractivity contribution in [1.29, 1.82) is 0 Å². The molecule has 0 atom stereocenters. The Hall–Kier alpha value is -2.69. The zero-order chi connectivity index (χ0) is 18.1. The van der Waals surface area contributed by atoms with Gasteiger partial charge in [0.25, 0.3) is 0 Å². The van der Waals surface area contributed by atoms with Gasteiger partial charge in [0, 0.05) is 24.2 Å². The van der Waals surface area contributed by atoms with E-state index in [0.717, 1.165) is 72.2 Å². The highest BCUT2D eigenvalue weighted by Gasteiger charge is 2.27. The number of carbonyl (C=O) groups excluding carboxylic acids is 1. The molecule has 0 fully saturated rings. The minimum absolute atomic E-state index is 0.0254. The SMILES string of the molecule is CCCCNc1c2c(nc3c1cnn3CC)C(=O)c1ccccc1CC2. The number of ketones is 1. The van der Waals surface area contributed by atoms with E-state index >= 15 is 0 Å². The minimum Gasteiger partial charge on any atom is -0.384 e. The van der Waals surface area contributed by atoms with Crippen LogP contribution in [0.1, 0.15) is 53.9 Å².